The highest BCUT2D eigenvalue weighted by Gasteiger charge is 2.01. The maximum atomic E-state index is 2.62. The topological polar surface area (TPSA) is 3.24 Å². The summed E-state index contributed by atoms with van der Waals surface area (Å²) >= 11 is 0. The van der Waals surface area contributed by atoms with E-state index in [4.69, 9.17) is 0 Å². The van der Waals surface area contributed by atoms with Crippen molar-refractivity contribution in [2.45, 2.75) is 72.1 Å². The van der Waals surface area contributed by atoms with Crippen molar-refractivity contribution in [2.24, 2.45) is 0 Å². The van der Waals surface area contributed by atoms with Crippen LogP contribution in [-0.2, 0) is 0 Å². The molecule has 0 aromatic carbocycles. The lowest BCUT2D eigenvalue weighted by Crippen LogP contribution is -2.25. The van der Waals surface area contributed by atoms with Gasteiger partial charge in [0.25, 0.3) is 0 Å². The molecule has 0 saturated heterocycles. The van der Waals surface area contributed by atoms with Gasteiger partial charge < -0.3 is 4.90 Å². The SMILES string of the molecule is C/C=C/CCCCCN(CC)CCCCC/C=C/C. The van der Waals surface area contributed by atoms with E-state index in [1.807, 2.05) is 0 Å². The molecule has 0 aromatic heterocycles. The van der Waals surface area contributed by atoms with Gasteiger partial charge in [0.05, 0.1) is 0 Å². The van der Waals surface area contributed by atoms with Crippen LogP contribution in [0.25, 0.3) is 0 Å². The second-order valence-electron chi connectivity index (χ2n) is 5.27. The van der Waals surface area contributed by atoms with Gasteiger partial charge in [-0.15, -0.1) is 0 Å². The van der Waals surface area contributed by atoms with E-state index in [2.05, 4.69) is 50.0 Å². The largest absolute Gasteiger partial charge is 0.304 e. The van der Waals surface area contributed by atoms with E-state index in [0.717, 1.165) is 0 Å². The quantitative estimate of drug-likeness (QED) is 0.310. The van der Waals surface area contributed by atoms with Crippen molar-refractivity contribution in [3.63, 3.8) is 0 Å². The van der Waals surface area contributed by atoms with E-state index < -0.39 is 0 Å². The van der Waals surface area contributed by atoms with Gasteiger partial charge in [0.1, 0.15) is 0 Å². The monoisotopic (exact) mass is 265 g/mol. The Hall–Kier alpha value is -0.560. The van der Waals surface area contributed by atoms with Crippen molar-refractivity contribution in [1.29, 1.82) is 0 Å². The van der Waals surface area contributed by atoms with Crippen LogP contribution in [0.1, 0.15) is 72.1 Å². The summed E-state index contributed by atoms with van der Waals surface area (Å²) < 4.78 is 0. The van der Waals surface area contributed by atoms with E-state index in [0.29, 0.717) is 0 Å². The summed E-state index contributed by atoms with van der Waals surface area (Å²) in [7, 11) is 0. The van der Waals surface area contributed by atoms with Gasteiger partial charge in [-0.1, -0.05) is 44.1 Å². The van der Waals surface area contributed by atoms with Gasteiger partial charge in [-0.05, 0) is 72.0 Å². The summed E-state index contributed by atoms with van der Waals surface area (Å²) in [4.78, 5) is 2.62. The van der Waals surface area contributed by atoms with Crippen LogP contribution in [0, 0.1) is 0 Å². The highest BCUT2D eigenvalue weighted by atomic mass is 15.1. The Morgan fingerprint density at radius 3 is 1.53 bits per heavy atom. The molecule has 0 saturated carbocycles. The van der Waals surface area contributed by atoms with Gasteiger partial charge in [0.2, 0.25) is 0 Å². The fourth-order valence-electron chi connectivity index (χ4n) is 2.31. The summed E-state index contributed by atoms with van der Waals surface area (Å²) in [6, 6.07) is 0. The zero-order valence-electron chi connectivity index (χ0n) is 13.5. The smallest absolute Gasteiger partial charge is 0.00189 e. The van der Waals surface area contributed by atoms with Crippen molar-refractivity contribution in [3.05, 3.63) is 24.3 Å². The molecule has 0 aromatic rings. The molecule has 0 spiro atoms. The number of unbranched alkanes of at least 4 members (excludes halogenated alkanes) is 6. The van der Waals surface area contributed by atoms with Crippen molar-refractivity contribution in [3.8, 4) is 0 Å². The molecule has 0 aliphatic rings. The van der Waals surface area contributed by atoms with Crippen LogP contribution in [0.3, 0.4) is 0 Å². The number of rotatable bonds is 13. The normalized spacial score (nSPS) is 12.2. The molecule has 0 atom stereocenters. The Morgan fingerprint density at radius 2 is 1.16 bits per heavy atom. The molecule has 0 aliphatic heterocycles. The molecule has 1 nitrogen and oxygen atoms in total. The van der Waals surface area contributed by atoms with Gasteiger partial charge in [-0.2, -0.15) is 0 Å². The van der Waals surface area contributed by atoms with Crippen LogP contribution < -0.4 is 0 Å². The van der Waals surface area contributed by atoms with Gasteiger partial charge in [0, 0.05) is 0 Å². The standard InChI is InChI=1S/C18H35N/c1-4-7-9-11-13-15-17-19(6-3)18-16-14-12-10-8-5-2/h4-5,7-8H,6,9-18H2,1-3H3/b7-4+,8-5+. The first kappa shape index (κ1) is 18.4. The first-order valence-electron chi connectivity index (χ1n) is 8.29. The van der Waals surface area contributed by atoms with E-state index in [-0.39, 0.29) is 0 Å². The molecular weight excluding hydrogens is 230 g/mol. The maximum absolute atomic E-state index is 2.62. The fraction of sp³-hybridized carbons (Fsp3) is 0.778. The van der Waals surface area contributed by atoms with Crippen LogP contribution in [0.4, 0.5) is 0 Å². The molecule has 19 heavy (non-hydrogen) atoms. The Morgan fingerprint density at radius 1 is 0.684 bits per heavy atom. The average molecular weight is 265 g/mol. The van der Waals surface area contributed by atoms with Crippen molar-refractivity contribution < 1.29 is 0 Å². The maximum Gasteiger partial charge on any atom is -0.00189 e. The highest BCUT2D eigenvalue weighted by Crippen LogP contribution is 2.06. The number of hydrogen-bond acceptors (Lipinski definition) is 1. The molecule has 0 unspecified atom stereocenters. The van der Waals surface area contributed by atoms with E-state index >= 15 is 0 Å². The Kier molecular flexibility index (Phi) is 15.0. The minimum atomic E-state index is 1.21. The van der Waals surface area contributed by atoms with Crippen molar-refractivity contribution in [1.82, 2.24) is 4.90 Å². The molecule has 0 bridgehead atoms. The third kappa shape index (κ3) is 13.7. The number of hydrogen-bond donors (Lipinski definition) is 0. The van der Waals surface area contributed by atoms with Gasteiger partial charge in [0.15, 0.2) is 0 Å². The average Bonchev–Trinajstić information content (AvgIpc) is 2.44. The van der Waals surface area contributed by atoms with Crippen molar-refractivity contribution >= 4 is 0 Å². The first-order chi connectivity index (χ1) is 9.35. The molecular formula is C18H35N. The molecule has 0 amide bonds. The van der Waals surface area contributed by atoms with Crippen LogP contribution in [0.2, 0.25) is 0 Å². The molecule has 0 N–H and O–H groups in total. The zero-order valence-corrected chi connectivity index (χ0v) is 13.5. The highest BCUT2D eigenvalue weighted by molar-refractivity contribution is 4.77. The molecule has 0 aliphatic carbocycles. The van der Waals surface area contributed by atoms with E-state index in [9.17, 15) is 0 Å². The number of allylic oxidation sites excluding steroid dienone is 4. The third-order valence-corrected chi connectivity index (χ3v) is 3.61. The van der Waals surface area contributed by atoms with Crippen LogP contribution in [0.15, 0.2) is 24.3 Å². The third-order valence-electron chi connectivity index (χ3n) is 3.61. The minimum absolute atomic E-state index is 1.21. The summed E-state index contributed by atoms with van der Waals surface area (Å²) in [6.07, 6.45) is 19.6. The summed E-state index contributed by atoms with van der Waals surface area (Å²) in [5.74, 6) is 0. The lowest BCUT2D eigenvalue weighted by Gasteiger charge is -2.20. The van der Waals surface area contributed by atoms with Gasteiger partial charge in [-0.25, -0.2) is 0 Å². The Balaban J connectivity index is 3.39. The molecule has 0 radical (unpaired) electrons. The lowest BCUT2D eigenvalue weighted by molar-refractivity contribution is 0.274. The lowest BCUT2D eigenvalue weighted by atomic mass is 10.1. The van der Waals surface area contributed by atoms with Crippen molar-refractivity contribution in [2.75, 3.05) is 19.6 Å². The summed E-state index contributed by atoms with van der Waals surface area (Å²) in [6.45, 7) is 10.3. The summed E-state index contributed by atoms with van der Waals surface area (Å²) in [5, 5.41) is 0. The Labute approximate surface area is 121 Å². The molecule has 1 heteroatoms. The predicted octanol–water partition coefficient (Wildman–Crippen LogP) is 5.58. The second-order valence-corrected chi connectivity index (χ2v) is 5.27. The number of nitrogens with zero attached hydrogens (tertiary/aromatic N) is 1. The van der Waals surface area contributed by atoms with E-state index in [1.165, 1.54) is 71.0 Å². The van der Waals surface area contributed by atoms with Crippen LogP contribution >= 0.6 is 0 Å². The first-order valence-corrected chi connectivity index (χ1v) is 8.29. The van der Waals surface area contributed by atoms with Crippen LogP contribution in [0.5, 0.6) is 0 Å². The molecule has 0 heterocycles. The van der Waals surface area contributed by atoms with Crippen LogP contribution in [-0.4, -0.2) is 24.5 Å². The molecule has 0 rings (SSSR count). The molecule has 112 valence electrons. The van der Waals surface area contributed by atoms with Gasteiger partial charge in [-0.3, -0.25) is 0 Å². The summed E-state index contributed by atoms with van der Waals surface area (Å²) in [5.41, 5.74) is 0. The zero-order chi connectivity index (χ0) is 14.2. The second kappa shape index (κ2) is 15.5. The van der Waals surface area contributed by atoms with E-state index in [1.54, 1.807) is 0 Å². The predicted molar refractivity (Wildman–Crippen MR) is 88.7 cm³/mol. The minimum Gasteiger partial charge on any atom is -0.304 e. The van der Waals surface area contributed by atoms with Gasteiger partial charge >= 0.3 is 0 Å². The Bertz CT molecular complexity index is 196. The molecule has 0 fully saturated rings. The fourth-order valence-corrected chi connectivity index (χ4v) is 2.31.